The van der Waals surface area contributed by atoms with Crippen LogP contribution in [0.2, 0.25) is 0 Å². The largest absolute Gasteiger partial charge is 0.448 e. The van der Waals surface area contributed by atoms with Gasteiger partial charge < -0.3 is 14.6 Å². The first kappa shape index (κ1) is 16.1. The quantitative estimate of drug-likeness (QED) is 0.528. The highest BCUT2D eigenvalue weighted by molar-refractivity contribution is 7.98. The standard InChI is InChI=1S/C20H17N5OS/c1-25-11-14(12-7-4-6-10-16(12)25)18-21-15-9-5-3-8-13(15)17-19(26-18)22-20(27-2)24-23-17/h3-11,18,21H,1-2H3/t18-/m0/s1. The summed E-state index contributed by atoms with van der Waals surface area (Å²) in [5.41, 5.74) is 4.74. The molecule has 0 bridgehead atoms. The van der Waals surface area contributed by atoms with Crippen LogP contribution in [0, 0.1) is 0 Å². The summed E-state index contributed by atoms with van der Waals surface area (Å²) in [6, 6.07) is 16.3. The van der Waals surface area contributed by atoms with E-state index in [1.165, 1.54) is 11.8 Å². The molecule has 0 saturated heterocycles. The predicted molar refractivity (Wildman–Crippen MR) is 107 cm³/mol. The molecule has 5 rings (SSSR count). The number of fused-ring (bicyclic) bond motifs is 4. The van der Waals surface area contributed by atoms with Gasteiger partial charge in [0.2, 0.25) is 11.0 Å². The van der Waals surface area contributed by atoms with E-state index in [1.807, 2.05) is 49.7 Å². The van der Waals surface area contributed by atoms with Crippen LogP contribution in [0.15, 0.2) is 59.9 Å². The summed E-state index contributed by atoms with van der Waals surface area (Å²) >= 11 is 1.44. The van der Waals surface area contributed by atoms with E-state index < -0.39 is 0 Å². The number of para-hydroxylation sites is 2. The maximum atomic E-state index is 6.34. The van der Waals surface area contributed by atoms with Crippen LogP contribution in [0.1, 0.15) is 11.8 Å². The van der Waals surface area contributed by atoms with Gasteiger partial charge in [-0.05, 0) is 18.4 Å². The van der Waals surface area contributed by atoms with E-state index >= 15 is 0 Å². The maximum absolute atomic E-state index is 6.34. The van der Waals surface area contributed by atoms with Gasteiger partial charge in [-0.2, -0.15) is 4.98 Å². The van der Waals surface area contributed by atoms with E-state index in [0.717, 1.165) is 27.7 Å². The first-order valence-electron chi connectivity index (χ1n) is 8.60. The Bertz CT molecular complexity index is 1160. The van der Waals surface area contributed by atoms with Crippen molar-refractivity contribution in [3.8, 4) is 17.1 Å². The fourth-order valence-corrected chi connectivity index (χ4v) is 3.75. The molecule has 1 N–H and O–H groups in total. The minimum Gasteiger partial charge on any atom is -0.448 e. The van der Waals surface area contributed by atoms with Gasteiger partial charge >= 0.3 is 0 Å². The Labute approximate surface area is 160 Å². The third kappa shape index (κ3) is 2.62. The summed E-state index contributed by atoms with van der Waals surface area (Å²) in [6.07, 6.45) is 3.64. The number of nitrogens with zero attached hydrogens (tertiary/aromatic N) is 4. The lowest BCUT2D eigenvalue weighted by Gasteiger charge is -2.18. The van der Waals surface area contributed by atoms with E-state index in [-0.39, 0.29) is 6.23 Å². The molecule has 1 aliphatic heterocycles. The molecule has 3 heterocycles. The number of nitrogens with one attached hydrogen (secondary N) is 1. The Morgan fingerprint density at radius 2 is 1.89 bits per heavy atom. The average Bonchev–Trinajstić information content (AvgIpc) is 2.95. The molecule has 7 heteroatoms. The number of anilines is 1. The summed E-state index contributed by atoms with van der Waals surface area (Å²) < 4.78 is 8.45. The van der Waals surface area contributed by atoms with Gasteiger partial charge in [-0.3, -0.25) is 0 Å². The average molecular weight is 375 g/mol. The summed E-state index contributed by atoms with van der Waals surface area (Å²) in [7, 11) is 2.04. The smallest absolute Gasteiger partial charge is 0.247 e. The molecule has 0 spiro atoms. The van der Waals surface area contributed by atoms with Crippen molar-refractivity contribution in [3.05, 3.63) is 60.3 Å². The zero-order valence-corrected chi connectivity index (χ0v) is 15.7. The molecule has 1 aliphatic rings. The van der Waals surface area contributed by atoms with Crippen LogP contribution in [0.4, 0.5) is 5.69 Å². The normalized spacial score (nSPS) is 15.4. The molecule has 0 saturated carbocycles. The van der Waals surface area contributed by atoms with E-state index in [2.05, 4.69) is 43.4 Å². The number of ether oxygens (including phenoxy) is 1. The topological polar surface area (TPSA) is 64.9 Å². The number of rotatable bonds is 2. The number of hydrogen-bond acceptors (Lipinski definition) is 6. The molecule has 134 valence electrons. The Morgan fingerprint density at radius 1 is 1.07 bits per heavy atom. The molecule has 0 unspecified atom stereocenters. The summed E-state index contributed by atoms with van der Waals surface area (Å²) in [6.45, 7) is 0. The van der Waals surface area contributed by atoms with Crippen LogP contribution in [0.25, 0.3) is 22.2 Å². The fourth-order valence-electron chi connectivity index (χ4n) is 3.46. The molecule has 27 heavy (non-hydrogen) atoms. The van der Waals surface area contributed by atoms with Crippen LogP contribution < -0.4 is 10.1 Å². The van der Waals surface area contributed by atoms with Crippen LogP contribution in [0.5, 0.6) is 5.88 Å². The van der Waals surface area contributed by atoms with Gasteiger partial charge in [0.25, 0.3) is 0 Å². The highest BCUT2D eigenvalue weighted by Crippen LogP contribution is 2.40. The Morgan fingerprint density at radius 3 is 2.78 bits per heavy atom. The second-order valence-corrected chi connectivity index (χ2v) is 7.13. The summed E-state index contributed by atoms with van der Waals surface area (Å²) in [4.78, 5) is 4.57. The minimum absolute atomic E-state index is 0.384. The lowest BCUT2D eigenvalue weighted by Crippen LogP contribution is -2.17. The van der Waals surface area contributed by atoms with Crippen molar-refractivity contribution < 1.29 is 4.74 Å². The van der Waals surface area contributed by atoms with Crippen molar-refractivity contribution in [1.82, 2.24) is 19.7 Å². The second-order valence-electron chi connectivity index (χ2n) is 6.35. The molecule has 0 radical (unpaired) electrons. The van der Waals surface area contributed by atoms with Gasteiger partial charge in [0.1, 0.15) is 0 Å². The summed E-state index contributed by atoms with van der Waals surface area (Å²) in [5, 5.41) is 13.8. The van der Waals surface area contributed by atoms with E-state index in [1.54, 1.807) is 0 Å². The SMILES string of the molecule is CSc1nnc2c(n1)O[C@@H](c1cn(C)c3ccccc13)Nc1ccccc1-2. The number of thioether (sulfide) groups is 1. The predicted octanol–water partition coefficient (Wildman–Crippen LogP) is 4.26. The monoisotopic (exact) mass is 375 g/mol. The molecule has 2 aromatic carbocycles. The third-order valence-corrected chi connectivity index (χ3v) is 5.26. The lowest BCUT2D eigenvalue weighted by atomic mass is 10.1. The van der Waals surface area contributed by atoms with Crippen LogP contribution in [-0.2, 0) is 7.05 Å². The number of aromatic nitrogens is 4. The summed E-state index contributed by atoms with van der Waals surface area (Å²) in [5.74, 6) is 0.490. The number of benzene rings is 2. The zero-order valence-electron chi connectivity index (χ0n) is 14.9. The van der Waals surface area contributed by atoms with E-state index in [0.29, 0.717) is 16.7 Å². The molecule has 0 fully saturated rings. The molecular formula is C20H17N5OS. The van der Waals surface area contributed by atoms with Gasteiger partial charge in [-0.25, -0.2) is 0 Å². The van der Waals surface area contributed by atoms with Crippen LogP contribution in [0.3, 0.4) is 0 Å². The molecule has 6 nitrogen and oxygen atoms in total. The second kappa shape index (κ2) is 6.28. The number of aryl methyl sites for hydroxylation is 1. The zero-order chi connectivity index (χ0) is 18.4. The van der Waals surface area contributed by atoms with Crippen molar-refractivity contribution in [2.45, 2.75) is 11.4 Å². The van der Waals surface area contributed by atoms with Crippen molar-refractivity contribution in [1.29, 1.82) is 0 Å². The van der Waals surface area contributed by atoms with Crippen molar-refractivity contribution in [3.63, 3.8) is 0 Å². The first-order chi connectivity index (χ1) is 13.2. The van der Waals surface area contributed by atoms with E-state index in [9.17, 15) is 0 Å². The third-order valence-electron chi connectivity index (χ3n) is 4.73. The molecular weight excluding hydrogens is 358 g/mol. The molecule has 0 amide bonds. The molecule has 2 aromatic heterocycles. The van der Waals surface area contributed by atoms with Crippen LogP contribution >= 0.6 is 11.8 Å². The lowest BCUT2D eigenvalue weighted by molar-refractivity contribution is 0.226. The molecule has 4 aromatic rings. The van der Waals surface area contributed by atoms with Crippen molar-refractivity contribution in [2.24, 2.45) is 7.05 Å². The number of hydrogen-bond donors (Lipinski definition) is 1. The first-order valence-corrected chi connectivity index (χ1v) is 9.82. The van der Waals surface area contributed by atoms with Gasteiger partial charge in [-0.15, -0.1) is 10.2 Å². The Balaban J connectivity index is 1.71. The van der Waals surface area contributed by atoms with Crippen LogP contribution in [-0.4, -0.2) is 26.0 Å². The van der Waals surface area contributed by atoms with Gasteiger partial charge in [0.15, 0.2) is 11.9 Å². The Hall–Kier alpha value is -3.06. The maximum Gasteiger partial charge on any atom is 0.247 e. The van der Waals surface area contributed by atoms with Crippen molar-refractivity contribution >= 4 is 28.4 Å². The molecule has 1 atom stereocenters. The Kier molecular flexibility index (Phi) is 3.75. The highest BCUT2D eigenvalue weighted by Gasteiger charge is 2.27. The van der Waals surface area contributed by atoms with Crippen molar-refractivity contribution in [2.75, 3.05) is 11.6 Å². The fraction of sp³-hybridized carbons (Fsp3) is 0.150. The highest BCUT2D eigenvalue weighted by atomic mass is 32.2. The van der Waals surface area contributed by atoms with Gasteiger partial charge in [0.05, 0.1) is 0 Å². The molecule has 0 aliphatic carbocycles. The minimum atomic E-state index is -0.384. The van der Waals surface area contributed by atoms with Gasteiger partial charge in [-0.1, -0.05) is 48.2 Å². The van der Waals surface area contributed by atoms with E-state index in [4.69, 9.17) is 4.74 Å². The van der Waals surface area contributed by atoms with Gasteiger partial charge in [0, 0.05) is 41.0 Å².